The van der Waals surface area contributed by atoms with Crippen LogP contribution in [-0.2, 0) is 12.8 Å². The number of halogens is 1. The first-order chi connectivity index (χ1) is 8.72. The number of nitrogens with one attached hydrogen (secondary N) is 1. The molecule has 1 aromatic heterocycles. The number of benzene rings is 1. The van der Waals surface area contributed by atoms with Crippen molar-refractivity contribution in [3.8, 4) is 0 Å². The van der Waals surface area contributed by atoms with Crippen LogP contribution < -0.4 is 11.1 Å². The molecule has 0 saturated heterocycles. The van der Waals surface area contributed by atoms with Crippen LogP contribution in [0.15, 0.2) is 30.5 Å². The summed E-state index contributed by atoms with van der Waals surface area (Å²) < 4.78 is 13.5. The van der Waals surface area contributed by atoms with Gasteiger partial charge in [-0.05, 0) is 24.0 Å². The number of nitrogens with two attached hydrogens (primary N) is 1. The van der Waals surface area contributed by atoms with Crippen molar-refractivity contribution in [2.24, 2.45) is 0 Å². The summed E-state index contributed by atoms with van der Waals surface area (Å²) >= 11 is 0. The van der Waals surface area contributed by atoms with Crippen LogP contribution in [0.25, 0.3) is 0 Å². The zero-order valence-electron chi connectivity index (χ0n) is 9.73. The van der Waals surface area contributed by atoms with Crippen molar-refractivity contribution in [1.29, 1.82) is 0 Å². The van der Waals surface area contributed by atoms with Gasteiger partial charge in [0.2, 0.25) is 5.95 Å². The van der Waals surface area contributed by atoms with Gasteiger partial charge >= 0.3 is 0 Å². The van der Waals surface area contributed by atoms with Crippen LogP contribution in [0, 0.1) is 5.82 Å². The van der Waals surface area contributed by atoms with Crippen molar-refractivity contribution >= 4 is 11.8 Å². The Bertz CT molecular complexity index is 560. The molecule has 4 nitrogen and oxygen atoms in total. The highest BCUT2D eigenvalue weighted by atomic mass is 19.1. The Labute approximate surface area is 104 Å². The molecule has 5 heteroatoms. The zero-order valence-corrected chi connectivity index (χ0v) is 9.73. The molecule has 0 amide bonds. The smallest absolute Gasteiger partial charge is 0.222 e. The van der Waals surface area contributed by atoms with Crippen LogP contribution >= 0.6 is 0 Å². The van der Waals surface area contributed by atoms with Gasteiger partial charge in [-0.25, -0.2) is 9.37 Å². The zero-order chi connectivity index (χ0) is 12.5. The van der Waals surface area contributed by atoms with Gasteiger partial charge in [0.15, 0.2) is 11.6 Å². The molecule has 1 aliphatic rings. The summed E-state index contributed by atoms with van der Waals surface area (Å²) in [5.74, 6) is -0.213. The molecule has 0 unspecified atom stereocenters. The van der Waals surface area contributed by atoms with Crippen LogP contribution in [0.1, 0.15) is 11.1 Å². The van der Waals surface area contributed by atoms with Crippen LogP contribution in [0.2, 0.25) is 0 Å². The Balaban J connectivity index is 1.78. The van der Waals surface area contributed by atoms with Crippen LogP contribution in [0.5, 0.6) is 0 Å². The number of fused-ring (bicyclic) bond motifs is 1. The fourth-order valence-electron chi connectivity index (χ4n) is 2.34. The summed E-state index contributed by atoms with van der Waals surface area (Å²) in [7, 11) is 0. The molecule has 1 heterocycles. The average molecular weight is 244 g/mol. The third kappa shape index (κ3) is 1.99. The maximum absolute atomic E-state index is 13.5. The monoisotopic (exact) mass is 244 g/mol. The van der Waals surface area contributed by atoms with E-state index < -0.39 is 5.82 Å². The minimum Gasteiger partial charge on any atom is -0.368 e. The van der Waals surface area contributed by atoms with Crippen molar-refractivity contribution in [3.63, 3.8) is 0 Å². The standard InChI is InChI=1S/C13H13FN4/c14-11-7-16-13(15)18-12(11)17-10-5-8-3-1-2-4-9(8)6-10/h1-4,7,10H,5-6H2,(H3,15,16,17,18). The van der Waals surface area contributed by atoms with E-state index in [1.807, 2.05) is 12.1 Å². The summed E-state index contributed by atoms with van der Waals surface area (Å²) in [4.78, 5) is 7.48. The number of nitrogens with zero attached hydrogens (tertiary/aromatic N) is 2. The van der Waals surface area contributed by atoms with Crippen LogP contribution in [0.4, 0.5) is 16.2 Å². The van der Waals surface area contributed by atoms with E-state index in [9.17, 15) is 4.39 Å². The van der Waals surface area contributed by atoms with Crippen molar-refractivity contribution < 1.29 is 4.39 Å². The molecular formula is C13H13FN4. The van der Waals surface area contributed by atoms with E-state index >= 15 is 0 Å². The molecule has 1 aromatic carbocycles. The molecule has 2 aromatic rings. The fraction of sp³-hybridized carbons (Fsp3) is 0.231. The lowest BCUT2D eigenvalue weighted by Gasteiger charge is -2.13. The Morgan fingerprint density at radius 1 is 1.22 bits per heavy atom. The normalized spacial score (nSPS) is 14.5. The first kappa shape index (κ1) is 11.0. The molecular weight excluding hydrogens is 231 g/mol. The van der Waals surface area contributed by atoms with E-state index in [2.05, 4.69) is 27.4 Å². The van der Waals surface area contributed by atoms with Gasteiger partial charge in [-0.2, -0.15) is 4.98 Å². The Morgan fingerprint density at radius 3 is 2.56 bits per heavy atom. The van der Waals surface area contributed by atoms with E-state index in [-0.39, 0.29) is 17.8 Å². The number of anilines is 2. The molecule has 0 aliphatic heterocycles. The number of hydrogen-bond acceptors (Lipinski definition) is 4. The van der Waals surface area contributed by atoms with Gasteiger partial charge in [0, 0.05) is 6.04 Å². The third-order valence-corrected chi connectivity index (χ3v) is 3.15. The molecule has 0 atom stereocenters. The Morgan fingerprint density at radius 2 is 1.89 bits per heavy atom. The van der Waals surface area contributed by atoms with Gasteiger partial charge in [0.1, 0.15) is 0 Å². The maximum atomic E-state index is 13.5. The number of hydrogen-bond donors (Lipinski definition) is 2. The molecule has 0 bridgehead atoms. The quantitative estimate of drug-likeness (QED) is 0.845. The molecule has 0 fully saturated rings. The molecule has 0 radical (unpaired) electrons. The van der Waals surface area contributed by atoms with E-state index in [0.29, 0.717) is 0 Å². The summed E-state index contributed by atoms with van der Waals surface area (Å²) in [6.07, 6.45) is 2.84. The first-order valence-electron chi connectivity index (χ1n) is 5.83. The summed E-state index contributed by atoms with van der Waals surface area (Å²) in [6.45, 7) is 0. The van der Waals surface area contributed by atoms with Crippen LogP contribution in [-0.4, -0.2) is 16.0 Å². The lowest BCUT2D eigenvalue weighted by Crippen LogP contribution is -2.21. The van der Waals surface area contributed by atoms with Crippen LogP contribution in [0.3, 0.4) is 0 Å². The van der Waals surface area contributed by atoms with Gasteiger partial charge in [-0.3, -0.25) is 0 Å². The average Bonchev–Trinajstić information content (AvgIpc) is 2.76. The van der Waals surface area contributed by atoms with E-state index in [4.69, 9.17) is 5.73 Å². The number of nitrogen functional groups attached to an aromatic ring is 1. The number of rotatable bonds is 2. The Kier molecular flexibility index (Phi) is 2.59. The van der Waals surface area contributed by atoms with Gasteiger partial charge in [0.05, 0.1) is 6.20 Å². The highest BCUT2D eigenvalue weighted by molar-refractivity contribution is 5.43. The molecule has 0 saturated carbocycles. The minimum atomic E-state index is -0.472. The molecule has 3 N–H and O–H groups in total. The van der Waals surface area contributed by atoms with E-state index in [0.717, 1.165) is 19.0 Å². The van der Waals surface area contributed by atoms with Gasteiger partial charge < -0.3 is 11.1 Å². The summed E-state index contributed by atoms with van der Waals surface area (Å²) in [5.41, 5.74) is 8.06. The highest BCUT2D eigenvalue weighted by Crippen LogP contribution is 2.24. The third-order valence-electron chi connectivity index (χ3n) is 3.15. The summed E-state index contributed by atoms with van der Waals surface area (Å²) in [5, 5.41) is 3.09. The molecule has 18 heavy (non-hydrogen) atoms. The highest BCUT2D eigenvalue weighted by Gasteiger charge is 2.22. The molecule has 0 spiro atoms. The lowest BCUT2D eigenvalue weighted by molar-refractivity contribution is 0.612. The van der Waals surface area contributed by atoms with Crippen molar-refractivity contribution in [3.05, 3.63) is 47.4 Å². The van der Waals surface area contributed by atoms with Crippen molar-refractivity contribution in [1.82, 2.24) is 9.97 Å². The van der Waals surface area contributed by atoms with Crippen molar-refractivity contribution in [2.45, 2.75) is 18.9 Å². The molecule has 3 rings (SSSR count). The second-order valence-corrected chi connectivity index (χ2v) is 4.44. The van der Waals surface area contributed by atoms with Gasteiger partial charge in [0.25, 0.3) is 0 Å². The number of aromatic nitrogens is 2. The predicted octanol–water partition coefficient (Wildman–Crippen LogP) is 1.78. The second-order valence-electron chi connectivity index (χ2n) is 4.44. The summed E-state index contributed by atoms with van der Waals surface area (Å²) in [6, 6.07) is 8.39. The predicted molar refractivity (Wildman–Crippen MR) is 67.7 cm³/mol. The second kappa shape index (κ2) is 4.25. The van der Waals surface area contributed by atoms with Crippen molar-refractivity contribution in [2.75, 3.05) is 11.1 Å². The first-order valence-corrected chi connectivity index (χ1v) is 5.83. The minimum absolute atomic E-state index is 0.0782. The fourth-order valence-corrected chi connectivity index (χ4v) is 2.34. The van der Waals surface area contributed by atoms with E-state index in [1.165, 1.54) is 11.1 Å². The molecule has 92 valence electrons. The van der Waals surface area contributed by atoms with Gasteiger partial charge in [-0.1, -0.05) is 24.3 Å². The molecule has 1 aliphatic carbocycles. The maximum Gasteiger partial charge on any atom is 0.222 e. The van der Waals surface area contributed by atoms with E-state index in [1.54, 1.807) is 0 Å². The topological polar surface area (TPSA) is 63.8 Å². The SMILES string of the molecule is Nc1ncc(F)c(NC2Cc3ccccc3C2)n1. The lowest BCUT2D eigenvalue weighted by atomic mass is 10.1. The largest absolute Gasteiger partial charge is 0.368 e. The Hall–Kier alpha value is -2.17. The van der Waals surface area contributed by atoms with Gasteiger partial charge in [-0.15, -0.1) is 0 Å².